The van der Waals surface area contributed by atoms with Crippen molar-refractivity contribution in [2.24, 2.45) is 13.0 Å². The highest BCUT2D eigenvalue weighted by Gasteiger charge is 2.51. The van der Waals surface area contributed by atoms with Crippen LogP contribution in [0, 0.1) is 5.92 Å². The van der Waals surface area contributed by atoms with Gasteiger partial charge in [-0.3, -0.25) is 9.59 Å². The average Bonchev–Trinajstić information content (AvgIpc) is 2.97. The monoisotopic (exact) mass is 302 g/mol. The van der Waals surface area contributed by atoms with Crippen molar-refractivity contribution in [3.05, 3.63) is 36.0 Å². The minimum Gasteiger partial charge on any atom is -0.469 e. The molecule has 1 N–H and O–H groups in total. The summed E-state index contributed by atoms with van der Waals surface area (Å²) in [6, 6.07) is 7.22. The lowest BCUT2D eigenvalue weighted by molar-refractivity contribution is -0.150. The van der Waals surface area contributed by atoms with Gasteiger partial charge in [-0.25, -0.2) is 0 Å². The molecule has 3 atom stereocenters. The molecule has 1 amide bonds. The van der Waals surface area contributed by atoms with E-state index in [1.165, 1.54) is 12.0 Å². The molecular weight excluding hydrogens is 284 g/mol. The molecule has 0 radical (unpaired) electrons. The lowest BCUT2D eigenvalue weighted by Crippen LogP contribution is -2.30. The van der Waals surface area contributed by atoms with E-state index < -0.39 is 29.9 Å². The highest BCUT2D eigenvalue weighted by molar-refractivity contribution is 5.94. The number of benzene rings is 1. The van der Waals surface area contributed by atoms with Crippen LogP contribution in [0.2, 0.25) is 0 Å². The number of rotatable bonds is 2. The number of hydrogen-bond donors (Lipinski definition) is 1. The number of ether oxygens (including phenoxy) is 1. The molecule has 1 aromatic heterocycles. The number of aliphatic hydroxyl groups excluding tert-OH is 1. The van der Waals surface area contributed by atoms with E-state index in [1.807, 2.05) is 42.1 Å². The summed E-state index contributed by atoms with van der Waals surface area (Å²) in [5.74, 6) is -1.97. The molecule has 1 saturated heterocycles. The highest BCUT2D eigenvalue weighted by atomic mass is 16.5. The molecule has 1 fully saturated rings. The zero-order valence-electron chi connectivity index (χ0n) is 12.7. The van der Waals surface area contributed by atoms with E-state index in [0.717, 1.165) is 16.5 Å². The summed E-state index contributed by atoms with van der Waals surface area (Å²) >= 11 is 0. The lowest BCUT2D eigenvalue weighted by Gasteiger charge is -2.23. The lowest BCUT2D eigenvalue weighted by atomic mass is 9.92. The van der Waals surface area contributed by atoms with Crippen LogP contribution in [0.3, 0.4) is 0 Å². The molecule has 6 nitrogen and oxygen atoms in total. The first-order valence-corrected chi connectivity index (χ1v) is 7.04. The molecule has 0 spiro atoms. The molecule has 0 bridgehead atoms. The number of carbonyl (C=O) groups excluding carboxylic acids is 2. The van der Waals surface area contributed by atoms with E-state index >= 15 is 0 Å². The van der Waals surface area contributed by atoms with Crippen molar-refractivity contribution in [2.45, 2.75) is 12.1 Å². The highest BCUT2D eigenvalue weighted by Crippen LogP contribution is 2.41. The fourth-order valence-electron chi connectivity index (χ4n) is 3.32. The number of nitrogens with zero attached hydrogens (tertiary/aromatic N) is 2. The third-order valence-corrected chi connectivity index (χ3v) is 4.42. The van der Waals surface area contributed by atoms with Gasteiger partial charge >= 0.3 is 5.97 Å². The summed E-state index contributed by atoms with van der Waals surface area (Å²) < 4.78 is 6.73. The van der Waals surface area contributed by atoms with Gasteiger partial charge in [0.1, 0.15) is 12.0 Å². The summed E-state index contributed by atoms with van der Waals surface area (Å²) in [7, 11) is 4.77. The Balaban J connectivity index is 2.18. The minimum absolute atomic E-state index is 0.465. The Labute approximate surface area is 127 Å². The first-order valence-electron chi connectivity index (χ1n) is 7.04. The zero-order valence-corrected chi connectivity index (χ0v) is 12.7. The van der Waals surface area contributed by atoms with Gasteiger partial charge in [-0.1, -0.05) is 18.2 Å². The third-order valence-electron chi connectivity index (χ3n) is 4.42. The van der Waals surface area contributed by atoms with Crippen molar-refractivity contribution >= 4 is 22.8 Å². The molecule has 2 heterocycles. The molecule has 1 aromatic carbocycles. The summed E-state index contributed by atoms with van der Waals surface area (Å²) in [4.78, 5) is 25.6. The van der Waals surface area contributed by atoms with Crippen molar-refractivity contribution in [2.75, 3.05) is 14.2 Å². The number of aryl methyl sites for hydroxylation is 1. The van der Waals surface area contributed by atoms with Gasteiger partial charge < -0.3 is 19.3 Å². The van der Waals surface area contributed by atoms with Gasteiger partial charge in [-0.2, -0.15) is 0 Å². The standard InChI is InChI=1S/C16H18N2O4/c1-17-8-10(9-6-4-5-7-11(9)17)13-12(16(21)22-3)14(19)15(20)18(13)2/h4-8,12-14,19H,1-3H3/t12-,13+,14-/m1/s1. The zero-order chi connectivity index (χ0) is 16.0. The predicted octanol–water partition coefficient (Wildman–Crippen LogP) is 0.841. The quantitative estimate of drug-likeness (QED) is 0.835. The van der Waals surface area contributed by atoms with Crippen LogP contribution in [-0.2, 0) is 21.4 Å². The first kappa shape index (κ1) is 14.6. The van der Waals surface area contributed by atoms with Crippen molar-refractivity contribution in [1.29, 1.82) is 0 Å². The molecule has 1 aliphatic rings. The van der Waals surface area contributed by atoms with Crippen LogP contribution in [0.4, 0.5) is 0 Å². The van der Waals surface area contributed by atoms with Crippen molar-refractivity contribution < 1.29 is 19.4 Å². The summed E-state index contributed by atoms with van der Waals surface area (Å²) in [5.41, 5.74) is 1.84. The fourth-order valence-corrected chi connectivity index (χ4v) is 3.32. The normalized spacial score (nSPS) is 25.0. The minimum atomic E-state index is -1.37. The van der Waals surface area contributed by atoms with Crippen LogP contribution in [-0.4, -0.2) is 46.7 Å². The SMILES string of the molecule is COC(=O)[C@H]1[C@@H](O)C(=O)N(C)[C@H]1c1cn(C)c2ccccc12. The van der Waals surface area contributed by atoms with Crippen LogP contribution in [0.1, 0.15) is 11.6 Å². The van der Waals surface area contributed by atoms with E-state index in [-0.39, 0.29) is 0 Å². The maximum atomic E-state index is 12.1. The van der Waals surface area contributed by atoms with E-state index in [9.17, 15) is 14.7 Å². The second kappa shape index (κ2) is 5.14. The van der Waals surface area contributed by atoms with E-state index in [4.69, 9.17) is 4.74 Å². The smallest absolute Gasteiger partial charge is 0.314 e. The summed E-state index contributed by atoms with van der Waals surface area (Å²) in [6.07, 6.45) is 0.522. The number of methoxy groups -OCH3 is 1. The number of hydrogen-bond acceptors (Lipinski definition) is 4. The Morgan fingerprint density at radius 1 is 1.27 bits per heavy atom. The van der Waals surface area contributed by atoms with Crippen molar-refractivity contribution in [3.8, 4) is 0 Å². The molecule has 2 aromatic rings. The van der Waals surface area contributed by atoms with Crippen LogP contribution >= 0.6 is 0 Å². The molecule has 6 heteroatoms. The second-order valence-corrected chi connectivity index (χ2v) is 5.60. The Morgan fingerprint density at radius 3 is 2.64 bits per heavy atom. The third kappa shape index (κ3) is 1.91. The van der Waals surface area contributed by atoms with E-state index in [0.29, 0.717) is 0 Å². The number of fused-ring (bicyclic) bond motifs is 1. The number of esters is 1. The molecule has 116 valence electrons. The maximum Gasteiger partial charge on any atom is 0.314 e. The molecule has 0 unspecified atom stereocenters. The number of para-hydroxylation sites is 1. The Hall–Kier alpha value is -2.34. The number of likely N-dealkylation sites (tertiary alicyclic amines) is 1. The first-order chi connectivity index (χ1) is 10.5. The molecule has 3 rings (SSSR count). The molecule has 22 heavy (non-hydrogen) atoms. The van der Waals surface area contributed by atoms with E-state index in [2.05, 4.69) is 0 Å². The summed E-state index contributed by atoms with van der Waals surface area (Å²) in [6.45, 7) is 0. The van der Waals surface area contributed by atoms with Crippen LogP contribution in [0.5, 0.6) is 0 Å². The average molecular weight is 302 g/mol. The van der Waals surface area contributed by atoms with Gasteiger partial charge in [-0.05, 0) is 6.07 Å². The van der Waals surface area contributed by atoms with Crippen LogP contribution < -0.4 is 0 Å². The molecule has 0 saturated carbocycles. The van der Waals surface area contributed by atoms with Crippen molar-refractivity contribution in [1.82, 2.24) is 9.47 Å². The van der Waals surface area contributed by atoms with Gasteiger partial charge in [0.25, 0.3) is 5.91 Å². The van der Waals surface area contributed by atoms with Gasteiger partial charge in [0.2, 0.25) is 0 Å². The Morgan fingerprint density at radius 2 is 1.95 bits per heavy atom. The van der Waals surface area contributed by atoms with E-state index in [1.54, 1.807) is 7.05 Å². The van der Waals surface area contributed by atoms with Crippen LogP contribution in [0.25, 0.3) is 10.9 Å². The predicted molar refractivity (Wildman–Crippen MR) is 79.9 cm³/mol. The van der Waals surface area contributed by atoms with Gasteiger partial charge in [0.05, 0.1) is 13.2 Å². The summed E-state index contributed by atoms with van der Waals surface area (Å²) in [5, 5.41) is 11.1. The number of aromatic nitrogens is 1. The maximum absolute atomic E-state index is 12.1. The molecule has 1 aliphatic heterocycles. The molecule has 0 aliphatic carbocycles. The topological polar surface area (TPSA) is 71.8 Å². The van der Waals surface area contributed by atoms with Gasteiger partial charge in [0, 0.05) is 36.8 Å². The molecular formula is C16H18N2O4. The second-order valence-electron chi connectivity index (χ2n) is 5.60. The van der Waals surface area contributed by atoms with Crippen LogP contribution in [0.15, 0.2) is 30.5 Å². The van der Waals surface area contributed by atoms with Gasteiger partial charge in [0.15, 0.2) is 0 Å². The number of aliphatic hydroxyl groups is 1. The Bertz CT molecular complexity index is 752. The number of amides is 1. The number of likely N-dealkylation sites (N-methyl/N-ethyl adjacent to an activating group) is 1. The van der Waals surface area contributed by atoms with Crippen molar-refractivity contribution in [3.63, 3.8) is 0 Å². The number of carbonyl (C=O) groups is 2. The fraction of sp³-hybridized carbons (Fsp3) is 0.375. The largest absolute Gasteiger partial charge is 0.469 e. The van der Waals surface area contributed by atoms with Gasteiger partial charge in [-0.15, -0.1) is 0 Å². The Kier molecular flexibility index (Phi) is 3.41.